The summed E-state index contributed by atoms with van der Waals surface area (Å²) in [6.45, 7) is 3.90. The lowest BCUT2D eigenvalue weighted by molar-refractivity contribution is 0.0497. The van der Waals surface area contributed by atoms with Crippen LogP contribution in [0.2, 0.25) is 10.0 Å². The third kappa shape index (κ3) is 4.68. The minimum absolute atomic E-state index is 0.0853. The average molecular weight is 416 g/mol. The molecule has 144 valence electrons. The van der Waals surface area contributed by atoms with Gasteiger partial charge in [0.05, 0.1) is 34.5 Å². The first kappa shape index (κ1) is 19.8. The predicted octanol–water partition coefficient (Wildman–Crippen LogP) is 4.49. The van der Waals surface area contributed by atoms with Gasteiger partial charge in [0, 0.05) is 24.8 Å². The summed E-state index contributed by atoms with van der Waals surface area (Å²) in [7, 11) is 0. The lowest BCUT2D eigenvalue weighted by Crippen LogP contribution is -2.40. The summed E-state index contributed by atoms with van der Waals surface area (Å²) in [5.41, 5.74) is 4.01. The molecule has 1 aliphatic rings. The van der Waals surface area contributed by atoms with E-state index in [9.17, 15) is 13.6 Å². The molecule has 0 aromatic heterocycles. The standard InChI is InChI=1S/C18H17Cl2F2N3O2/c1-10-6-11(7-15(21)17(10)22)23-18(26)12-8-16(14(20)9-13(12)19)24-25-2-4-27-5-3-25/h6-9,24H,2-5H2,1H3,(H,23,26). The third-order valence-corrected chi connectivity index (χ3v) is 4.68. The molecule has 27 heavy (non-hydrogen) atoms. The highest BCUT2D eigenvalue weighted by molar-refractivity contribution is 6.38. The van der Waals surface area contributed by atoms with E-state index >= 15 is 0 Å². The highest BCUT2D eigenvalue weighted by Crippen LogP contribution is 2.30. The van der Waals surface area contributed by atoms with Crippen LogP contribution in [-0.2, 0) is 4.74 Å². The average Bonchev–Trinajstić information content (AvgIpc) is 2.62. The Labute approximate surface area is 165 Å². The Morgan fingerprint density at radius 1 is 1.11 bits per heavy atom. The lowest BCUT2D eigenvalue weighted by Gasteiger charge is -2.28. The molecule has 2 aromatic carbocycles. The van der Waals surface area contributed by atoms with Gasteiger partial charge in [-0.05, 0) is 30.7 Å². The van der Waals surface area contributed by atoms with Crippen LogP contribution >= 0.6 is 23.2 Å². The summed E-state index contributed by atoms with van der Waals surface area (Å²) in [5.74, 6) is -2.55. The van der Waals surface area contributed by atoms with Crippen molar-refractivity contribution in [1.29, 1.82) is 0 Å². The Hall–Kier alpha value is -1.93. The number of carbonyl (C=O) groups excluding carboxylic acids is 1. The van der Waals surface area contributed by atoms with E-state index in [0.717, 1.165) is 6.07 Å². The van der Waals surface area contributed by atoms with Crippen molar-refractivity contribution in [2.45, 2.75) is 6.92 Å². The zero-order valence-corrected chi connectivity index (χ0v) is 15.9. The van der Waals surface area contributed by atoms with E-state index in [-0.39, 0.29) is 21.8 Å². The number of hydrogen-bond acceptors (Lipinski definition) is 4. The second-order valence-corrected chi connectivity index (χ2v) is 6.88. The van der Waals surface area contributed by atoms with Crippen LogP contribution in [0, 0.1) is 18.6 Å². The summed E-state index contributed by atoms with van der Waals surface area (Å²) >= 11 is 12.4. The summed E-state index contributed by atoms with van der Waals surface area (Å²) in [6, 6.07) is 5.23. The number of anilines is 2. The molecule has 1 amide bonds. The van der Waals surface area contributed by atoms with Gasteiger partial charge in [-0.1, -0.05) is 23.2 Å². The maximum atomic E-state index is 13.6. The van der Waals surface area contributed by atoms with Crippen LogP contribution in [0.4, 0.5) is 20.2 Å². The fraction of sp³-hybridized carbons (Fsp3) is 0.278. The Bertz CT molecular complexity index is 851. The van der Waals surface area contributed by atoms with Crippen molar-refractivity contribution >= 4 is 40.5 Å². The number of carbonyl (C=O) groups is 1. The molecular weight excluding hydrogens is 399 g/mol. The van der Waals surface area contributed by atoms with Gasteiger partial charge in [-0.15, -0.1) is 0 Å². The molecule has 1 saturated heterocycles. The monoisotopic (exact) mass is 415 g/mol. The summed E-state index contributed by atoms with van der Waals surface area (Å²) in [5, 5.41) is 4.94. The zero-order chi connectivity index (χ0) is 19.6. The fourth-order valence-electron chi connectivity index (χ4n) is 2.65. The van der Waals surface area contributed by atoms with Crippen LogP contribution in [0.5, 0.6) is 0 Å². The van der Waals surface area contributed by atoms with E-state index in [4.69, 9.17) is 27.9 Å². The number of amides is 1. The number of nitrogens with one attached hydrogen (secondary N) is 2. The number of aryl methyl sites for hydroxylation is 1. The van der Waals surface area contributed by atoms with E-state index in [0.29, 0.717) is 37.0 Å². The van der Waals surface area contributed by atoms with Gasteiger partial charge in [0.15, 0.2) is 11.6 Å². The predicted molar refractivity (Wildman–Crippen MR) is 102 cm³/mol. The number of hydrogen-bond donors (Lipinski definition) is 2. The molecule has 2 aromatic rings. The van der Waals surface area contributed by atoms with Crippen LogP contribution in [-0.4, -0.2) is 37.2 Å². The molecule has 5 nitrogen and oxygen atoms in total. The Morgan fingerprint density at radius 3 is 2.48 bits per heavy atom. The number of rotatable bonds is 4. The second kappa shape index (κ2) is 8.39. The van der Waals surface area contributed by atoms with Crippen LogP contribution in [0.15, 0.2) is 24.3 Å². The minimum Gasteiger partial charge on any atom is -0.379 e. The maximum absolute atomic E-state index is 13.6. The Kier molecular flexibility index (Phi) is 6.16. The van der Waals surface area contributed by atoms with Gasteiger partial charge < -0.3 is 15.5 Å². The molecule has 0 spiro atoms. The van der Waals surface area contributed by atoms with E-state index in [1.165, 1.54) is 25.1 Å². The molecule has 1 aliphatic heterocycles. The molecule has 2 N–H and O–H groups in total. The number of morpholine rings is 1. The molecular formula is C18H17Cl2F2N3O2. The van der Waals surface area contributed by atoms with Crippen molar-refractivity contribution in [2.24, 2.45) is 0 Å². The number of hydrazine groups is 1. The summed E-state index contributed by atoms with van der Waals surface area (Å²) < 4.78 is 32.2. The molecule has 9 heteroatoms. The molecule has 0 atom stereocenters. The van der Waals surface area contributed by atoms with E-state index in [2.05, 4.69) is 10.7 Å². The third-order valence-electron chi connectivity index (χ3n) is 4.06. The lowest BCUT2D eigenvalue weighted by atomic mass is 10.1. The first-order chi connectivity index (χ1) is 12.8. The van der Waals surface area contributed by atoms with Gasteiger partial charge in [0.2, 0.25) is 0 Å². The molecule has 3 rings (SSSR count). The van der Waals surface area contributed by atoms with Gasteiger partial charge in [-0.25, -0.2) is 13.8 Å². The van der Waals surface area contributed by atoms with E-state index in [1.54, 1.807) is 0 Å². The van der Waals surface area contributed by atoms with Crippen molar-refractivity contribution in [3.63, 3.8) is 0 Å². The smallest absolute Gasteiger partial charge is 0.257 e. The second-order valence-electron chi connectivity index (χ2n) is 6.07. The largest absolute Gasteiger partial charge is 0.379 e. The van der Waals surface area contributed by atoms with Gasteiger partial charge in [0.25, 0.3) is 5.91 Å². The molecule has 0 unspecified atom stereocenters. The summed E-state index contributed by atoms with van der Waals surface area (Å²) in [6.07, 6.45) is 0. The van der Waals surface area contributed by atoms with Gasteiger partial charge in [0.1, 0.15) is 0 Å². The molecule has 1 heterocycles. The van der Waals surface area contributed by atoms with Crippen molar-refractivity contribution in [1.82, 2.24) is 5.01 Å². The normalized spacial score (nSPS) is 14.9. The van der Waals surface area contributed by atoms with E-state index < -0.39 is 17.5 Å². The first-order valence-corrected chi connectivity index (χ1v) is 8.96. The minimum atomic E-state index is -1.04. The van der Waals surface area contributed by atoms with Gasteiger partial charge >= 0.3 is 0 Å². The van der Waals surface area contributed by atoms with Gasteiger partial charge in [-0.2, -0.15) is 0 Å². The van der Waals surface area contributed by atoms with Crippen molar-refractivity contribution in [2.75, 3.05) is 37.0 Å². The van der Waals surface area contributed by atoms with Crippen molar-refractivity contribution in [3.8, 4) is 0 Å². The van der Waals surface area contributed by atoms with Crippen molar-refractivity contribution in [3.05, 3.63) is 57.1 Å². The molecule has 0 radical (unpaired) electrons. The fourth-order valence-corrected chi connectivity index (χ4v) is 3.16. The Balaban J connectivity index is 1.82. The number of benzene rings is 2. The molecule has 0 aliphatic carbocycles. The number of nitrogens with zero attached hydrogens (tertiary/aromatic N) is 1. The van der Waals surface area contributed by atoms with Crippen LogP contribution in [0.3, 0.4) is 0 Å². The Morgan fingerprint density at radius 2 is 1.81 bits per heavy atom. The topological polar surface area (TPSA) is 53.6 Å². The highest BCUT2D eigenvalue weighted by atomic mass is 35.5. The SMILES string of the molecule is Cc1cc(NC(=O)c2cc(NN3CCOCC3)c(Cl)cc2Cl)cc(F)c1F. The number of halogens is 4. The van der Waals surface area contributed by atoms with Gasteiger partial charge in [-0.3, -0.25) is 4.79 Å². The first-order valence-electron chi connectivity index (χ1n) is 8.20. The molecule has 0 saturated carbocycles. The van der Waals surface area contributed by atoms with Crippen LogP contribution in [0.1, 0.15) is 15.9 Å². The van der Waals surface area contributed by atoms with Crippen LogP contribution < -0.4 is 10.7 Å². The van der Waals surface area contributed by atoms with Crippen molar-refractivity contribution < 1.29 is 18.3 Å². The summed E-state index contributed by atoms with van der Waals surface area (Å²) in [4.78, 5) is 12.6. The van der Waals surface area contributed by atoms with E-state index in [1.807, 2.05) is 5.01 Å². The highest BCUT2D eigenvalue weighted by Gasteiger charge is 2.18. The maximum Gasteiger partial charge on any atom is 0.257 e. The number of ether oxygens (including phenoxy) is 1. The molecule has 1 fully saturated rings. The quantitative estimate of drug-likeness (QED) is 0.771. The molecule has 0 bridgehead atoms. The zero-order valence-electron chi connectivity index (χ0n) is 14.4. The van der Waals surface area contributed by atoms with Crippen LogP contribution in [0.25, 0.3) is 0 Å².